The summed E-state index contributed by atoms with van der Waals surface area (Å²) in [5.74, 6) is 0.199. The summed E-state index contributed by atoms with van der Waals surface area (Å²) in [7, 11) is 0. The molecule has 76 valence electrons. The molecule has 0 saturated heterocycles. The van der Waals surface area contributed by atoms with Crippen molar-refractivity contribution in [1.82, 2.24) is 0 Å². The van der Waals surface area contributed by atoms with E-state index in [2.05, 4.69) is 6.92 Å². The third-order valence-electron chi connectivity index (χ3n) is 2.40. The number of halogens is 1. The van der Waals surface area contributed by atoms with Crippen LogP contribution in [0.15, 0.2) is 24.3 Å². The summed E-state index contributed by atoms with van der Waals surface area (Å²) in [6, 6.07) is 6.57. The Morgan fingerprint density at radius 3 is 2.57 bits per heavy atom. The molecule has 1 aromatic carbocycles. The van der Waals surface area contributed by atoms with Crippen LogP contribution in [0.4, 0.5) is 4.39 Å². The van der Waals surface area contributed by atoms with E-state index in [-0.39, 0.29) is 5.82 Å². The monoisotopic (exact) mass is 194 g/mol. The van der Waals surface area contributed by atoms with Gasteiger partial charge in [-0.25, -0.2) is 4.39 Å². The molecule has 0 saturated carbocycles. The minimum atomic E-state index is -0.200. The standard InChI is InChI=1S/C12H15FO/c1-10(4-2-3-9-14)11-5-7-12(13)8-6-11/h5-10H,2-4H2,1H3. The second-order valence-electron chi connectivity index (χ2n) is 3.55. The molecule has 1 atom stereocenters. The van der Waals surface area contributed by atoms with E-state index in [9.17, 15) is 9.18 Å². The molecular weight excluding hydrogens is 179 g/mol. The average Bonchev–Trinajstić information content (AvgIpc) is 2.19. The van der Waals surface area contributed by atoms with Crippen molar-refractivity contribution in [2.45, 2.75) is 32.1 Å². The maximum atomic E-state index is 12.6. The molecular formula is C12H15FO. The van der Waals surface area contributed by atoms with Gasteiger partial charge in [-0.1, -0.05) is 19.1 Å². The van der Waals surface area contributed by atoms with Gasteiger partial charge in [0.05, 0.1) is 0 Å². The van der Waals surface area contributed by atoms with Gasteiger partial charge in [0.15, 0.2) is 0 Å². The van der Waals surface area contributed by atoms with Crippen molar-refractivity contribution in [1.29, 1.82) is 0 Å². The summed E-state index contributed by atoms with van der Waals surface area (Å²) in [5.41, 5.74) is 1.14. The summed E-state index contributed by atoms with van der Waals surface area (Å²) < 4.78 is 12.6. The Morgan fingerprint density at radius 2 is 2.00 bits per heavy atom. The minimum absolute atomic E-state index is 0.200. The van der Waals surface area contributed by atoms with Gasteiger partial charge in [0.25, 0.3) is 0 Å². The number of benzene rings is 1. The minimum Gasteiger partial charge on any atom is -0.303 e. The van der Waals surface area contributed by atoms with E-state index in [4.69, 9.17) is 0 Å². The van der Waals surface area contributed by atoms with Crippen LogP contribution in [-0.2, 0) is 4.79 Å². The number of hydrogen-bond acceptors (Lipinski definition) is 1. The van der Waals surface area contributed by atoms with Crippen molar-refractivity contribution in [2.24, 2.45) is 0 Å². The van der Waals surface area contributed by atoms with Gasteiger partial charge in [0.1, 0.15) is 12.1 Å². The molecule has 0 aliphatic heterocycles. The zero-order valence-corrected chi connectivity index (χ0v) is 8.37. The first-order valence-electron chi connectivity index (χ1n) is 4.93. The molecule has 0 heterocycles. The van der Waals surface area contributed by atoms with Crippen LogP contribution in [0, 0.1) is 5.82 Å². The van der Waals surface area contributed by atoms with Gasteiger partial charge < -0.3 is 4.79 Å². The average molecular weight is 194 g/mol. The third kappa shape index (κ3) is 3.29. The lowest BCUT2D eigenvalue weighted by Gasteiger charge is -2.10. The molecule has 0 bridgehead atoms. The molecule has 1 nitrogen and oxygen atoms in total. The SMILES string of the molecule is CC(CCCC=O)c1ccc(F)cc1. The molecule has 0 fully saturated rings. The first kappa shape index (κ1) is 10.9. The van der Waals surface area contributed by atoms with E-state index in [1.165, 1.54) is 12.1 Å². The predicted molar refractivity (Wildman–Crippen MR) is 54.7 cm³/mol. The van der Waals surface area contributed by atoms with Crippen molar-refractivity contribution in [2.75, 3.05) is 0 Å². The Kier molecular flexibility index (Phi) is 4.30. The lowest BCUT2D eigenvalue weighted by Crippen LogP contribution is -1.94. The fourth-order valence-corrected chi connectivity index (χ4v) is 1.47. The van der Waals surface area contributed by atoms with E-state index in [0.29, 0.717) is 12.3 Å². The molecule has 1 rings (SSSR count). The van der Waals surface area contributed by atoms with Crippen LogP contribution in [0.2, 0.25) is 0 Å². The molecule has 0 spiro atoms. The Labute approximate surface area is 83.9 Å². The summed E-state index contributed by atoms with van der Waals surface area (Å²) in [4.78, 5) is 10.1. The summed E-state index contributed by atoms with van der Waals surface area (Å²) in [5, 5.41) is 0. The van der Waals surface area contributed by atoms with E-state index >= 15 is 0 Å². The molecule has 0 amide bonds. The molecule has 2 heteroatoms. The smallest absolute Gasteiger partial charge is 0.123 e. The van der Waals surface area contributed by atoms with Crippen molar-refractivity contribution in [3.8, 4) is 0 Å². The number of hydrogen-bond donors (Lipinski definition) is 0. The van der Waals surface area contributed by atoms with Crippen molar-refractivity contribution in [3.05, 3.63) is 35.6 Å². The zero-order valence-electron chi connectivity index (χ0n) is 8.37. The molecule has 0 aromatic heterocycles. The van der Waals surface area contributed by atoms with Gasteiger partial charge in [-0.2, -0.15) is 0 Å². The van der Waals surface area contributed by atoms with Gasteiger partial charge in [0.2, 0.25) is 0 Å². The van der Waals surface area contributed by atoms with Gasteiger partial charge in [0, 0.05) is 6.42 Å². The molecule has 1 aromatic rings. The molecule has 14 heavy (non-hydrogen) atoms. The lowest BCUT2D eigenvalue weighted by molar-refractivity contribution is -0.107. The number of carbonyl (C=O) groups is 1. The maximum Gasteiger partial charge on any atom is 0.123 e. The van der Waals surface area contributed by atoms with Crippen LogP contribution in [0.3, 0.4) is 0 Å². The Morgan fingerprint density at radius 1 is 1.36 bits per heavy atom. The summed E-state index contributed by atoms with van der Waals surface area (Å²) in [6.45, 7) is 2.10. The van der Waals surface area contributed by atoms with Crippen molar-refractivity contribution < 1.29 is 9.18 Å². The molecule has 1 unspecified atom stereocenters. The molecule has 0 N–H and O–H groups in total. The normalized spacial score (nSPS) is 12.4. The van der Waals surface area contributed by atoms with Crippen LogP contribution >= 0.6 is 0 Å². The number of aldehydes is 1. The second kappa shape index (κ2) is 5.53. The first-order valence-corrected chi connectivity index (χ1v) is 4.93. The van der Waals surface area contributed by atoms with E-state index in [1.54, 1.807) is 12.1 Å². The largest absolute Gasteiger partial charge is 0.303 e. The van der Waals surface area contributed by atoms with E-state index in [0.717, 1.165) is 24.7 Å². The van der Waals surface area contributed by atoms with Gasteiger partial charge >= 0.3 is 0 Å². The summed E-state index contributed by atoms with van der Waals surface area (Å²) >= 11 is 0. The van der Waals surface area contributed by atoms with Crippen LogP contribution < -0.4 is 0 Å². The fourth-order valence-electron chi connectivity index (χ4n) is 1.47. The Bertz CT molecular complexity index is 279. The Balaban J connectivity index is 2.47. The fraction of sp³-hybridized carbons (Fsp3) is 0.417. The first-order chi connectivity index (χ1) is 6.74. The third-order valence-corrected chi connectivity index (χ3v) is 2.40. The van der Waals surface area contributed by atoms with Gasteiger partial charge in [-0.05, 0) is 36.5 Å². The van der Waals surface area contributed by atoms with Crippen LogP contribution in [-0.4, -0.2) is 6.29 Å². The summed E-state index contributed by atoms with van der Waals surface area (Å²) in [6.07, 6.45) is 3.44. The Hall–Kier alpha value is -1.18. The number of carbonyl (C=O) groups excluding carboxylic acids is 1. The molecule has 0 radical (unpaired) electrons. The van der Waals surface area contributed by atoms with Crippen LogP contribution in [0.5, 0.6) is 0 Å². The number of rotatable bonds is 5. The van der Waals surface area contributed by atoms with Gasteiger partial charge in [-0.3, -0.25) is 0 Å². The molecule has 0 aliphatic rings. The predicted octanol–water partition coefficient (Wildman–Crippen LogP) is 3.30. The zero-order chi connectivity index (χ0) is 10.4. The second-order valence-corrected chi connectivity index (χ2v) is 3.55. The van der Waals surface area contributed by atoms with Crippen LogP contribution in [0.1, 0.15) is 37.7 Å². The van der Waals surface area contributed by atoms with Gasteiger partial charge in [-0.15, -0.1) is 0 Å². The lowest BCUT2D eigenvalue weighted by atomic mass is 9.96. The van der Waals surface area contributed by atoms with Crippen molar-refractivity contribution in [3.63, 3.8) is 0 Å². The highest BCUT2D eigenvalue weighted by Crippen LogP contribution is 2.21. The van der Waals surface area contributed by atoms with E-state index < -0.39 is 0 Å². The highest BCUT2D eigenvalue weighted by atomic mass is 19.1. The maximum absolute atomic E-state index is 12.6. The highest BCUT2D eigenvalue weighted by Gasteiger charge is 2.04. The molecule has 0 aliphatic carbocycles. The van der Waals surface area contributed by atoms with E-state index in [1.807, 2.05) is 0 Å². The topological polar surface area (TPSA) is 17.1 Å². The highest BCUT2D eigenvalue weighted by molar-refractivity contribution is 5.49. The number of unbranched alkanes of at least 4 members (excludes halogenated alkanes) is 1. The van der Waals surface area contributed by atoms with Crippen molar-refractivity contribution >= 4 is 6.29 Å². The van der Waals surface area contributed by atoms with Crippen LogP contribution in [0.25, 0.3) is 0 Å². The quantitative estimate of drug-likeness (QED) is 0.519.